The highest BCUT2D eigenvalue weighted by molar-refractivity contribution is 6.05. The molecule has 10 nitrogen and oxygen atoms in total. The molecule has 2 aromatic carbocycles. The van der Waals surface area contributed by atoms with E-state index in [0.29, 0.717) is 31.1 Å². The number of likely N-dealkylation sites (tertiary alicyclic amines) is 2. The summed E-state index contributed by atoms with van der Waals surface area (Å²) in [6.07, 6.45) is 8.51. The summed E-state index contributed by atoms with van der Waals surface area (Å²) in [6, 6.07) is 11.4. The molecule has 4 aliphatic heterocycles. The lowest BCUT2D eigenvalue weighted by atomic mass is 9.83. The second kappa shape index (κ2) is 15.7. The number of aliphatic hydroxyl groups is 1. The topological polar surface area (TPSA) is 115 Å². The zero-order chi connectivity index (χ0) is 38.3. The third kappa shape index (κ3) is 7.47. The number of nitrogens with one attached hydrogen (secondary N) is 2. The first-order valence-corrected chi connectivity index (χ1v) is 19.8. The van der Waals surface area contributed by atoms with Gasteiger partial charge in [-0.05, 0) is 125 Å². The third-order valence-electron chi connectivity index (χ3n) is 12.1. The Morgan fingerprint density at radius 3 is 2.65 bits per heavy atom. The van der Waals surface area contributed by atoms with Gasteiger partial charge in [0, 0.05) is 54.5 Å². The number of aryl methyl sites for hydroxylation is 3. The number of H-pyrrole nitrogens is 1. The van der Waals surface area contributed by atoms with E-state index in [4.69, 9.17) is 19.6 Å². The van der Waals surface area contributed by atoms with E-state index in [9.17, 15) is 4.79 Å². The Morgan fingerprint density at radius 1 is 1.11 bits per heavy atom. The van der Waals surface area contributed by atoms with Crippen molar-refractivity contribution in [2.45, 2.75) is 110 Å². The summed E-state index contributed by atoms with van der Waals surface area (Å²) in [7, 11) is 3.70. The number of fused-ring (bicyclic) bond motifs is 5. The maximum atomic E-state index is 13.9. The van der Waals surface area contributed by atoms with E-state index in [2.05, 4.69) is 96.7 Å². The molecular formula is C44H58N6O4. The van der Waals surface area contributed by atoms with Gasteiger partial charge in [-0.15, -0.1) is 0 Å². The molecule has 0 spiro atoms. The van der Waals surface area contributed by atoms with Crippen LogP contribution in [0.4, 0.5) is 0 Å². The number of carbonyl (C=O) groups is 1. The average Bonchev–Trinajstić information content (AvgIpc) is 3.95. The lowest BCUT2D eigenvalue weighted by molar-refractivity contribution is -0.136. The summed E-state index contributed by atoms with van der Waals surface area (Å²) in [5.41, 5.74) is 12.4. The van der Waals surface area contributed by atoms with Gasteiger partial charge in [0.05, 0.1) is 19.2 Å². The number of methoxy groups -OCH3 is 1. The predicted octanol–water partition coefficient (Wildman–Crippen LogP) is 7.26. The van der Waals surface area contributed by atoms with E-state index in [-0.39, 0.29) is 30.0 Å². The Morgan fingerprint density at radius 2 is 1.93 bits per heavy atom. The molecule has 54 heavy (non-hydrogen) atoms. The molecule has 1 aliphatic carbocycles. The minimum Gasteiger partial charge on any atom is -0.488 e. The van der Waals surface area contributed by atoms with Crippen LogP contribution in [-0.2, 0) is 22.6 Å². The van der Waals surface area contributed by atoms with Gasteiger partial charge < -0.3 is 29.8 Å². The number of hydrogen-bond donors (Lipinski definition) is 3. The number of carbonyl (C=O) groups excluding carboxylic acids is 1. The van der Waals surface area contributed by atoms with E-state index >= 15 is 0 Å². The summed E-state index contributed by atoms with van der Waals surface area (Å²) in [5.74, 6) is 3.25. The fraction of sp³-hybridized carbons (Fsp3) is 0.523. The lowest BCUT2D eigenvalue weighted by Crippen LogP contribution is -2.54. The Labute approximate surface area is 320 Å². The van der Waals surface area contributed by atoms with Crippen LogP contribution in [0.1, 0.15) is 99.1 Å². The van der Waals surface area contributed by atoms with Gasteiger partial charge in [-0.3, -0.25) is 14.7 Å². The van der Waals surface area contributed by atoms with Crippen LogP contribution in [0.25, 0.3) is 16.7 Å². The van der Waals surface area contributed by atoms with Crippen LogP contribution in [0, 0.1) is 25.7 Å². The van der Waals surface area contributed by atoms with Crippen LogP contribution in [0.3, 0.4) is 0 Å². The fourth-order valence-corrected chi connectivity index (χ4v) is 9.18. The molecule has 1 aromatic heterocycles. The first-order valence-electron chi connectivity index (χ1n) is 19.8. The number of aliphatic hydroxyl groups excluding tert-OH is 1. The summed E-state index contributed by atoms with van der Waals surface area (Å²) in [6.45, 7) is 16.3. The maximum Gasteiger partial charge on any atom is 0.246 e. The molecule has 2 saturated heterocycles. The average molecular weight is 735 g/mol. The van der Waals surface area contributed by atoms with Gasteiger partial charge in [-0.2, -0.15) is 0 Å². The van der Waals surface area contributed by atoms with E-state index < -0.39 is 0 Å². The van der Waals surface area contributed by atoms with Crippen molar-refractivity contribution in [2.75, 3.05) is 27.3 Å². The van der Waals surface area contributed by atoms with E-state index in [1.54, 1.807) is 7.11 Å². The minimum absolute atomic E-state index is 0.0180. The summed E-state index contributed by atoms with van der Waals surface area (Å²) in [5, 5.41) is 12.1. The van der Waals surface area contributed by atoms with Crippen molar-refractivity contribution in [3.05, 3.63) is 88.5 Å². The predicted molar refractivity (Wildman–Crippen MR) is 214 cm³/mol. The van der Waals surface area contributed by atoms with Crippen LogP contribution < -0.4 is 10.1 Å². The highest BCUT2D eigenvalue weighted by atomic mass is 16.5. The molecular weight excluding hydrogens is 677 g/mol. The number of aromatic nitrogens is 2. The van der Waals surface area contributed by atoms with Gasteiger partial charge in [0.2, 0.25) is 5.91 Å². The first kappa shape index (κ1) is 37.9. The molecule has 3 aromatic rings. The molecule has 2 fully saturated rings. The van der Waals surface area contributed by atoms with E-state index in [1.807, 2.05) is 13.1 Å². The SMILES string of the molecule is C=C(N[C@H](C(=O)N1[C@@H](C)CC[C@H]1C1=NC2=C(C1)c1cc3c(cc1CC2)-c1ccc(C)cc1CO3)C(C)C)OC.Cc1cnc([C@@H]2C[C@H](CCO)CN2C)[nH]1. The van der Waals surface area contributed by atoms with Crippen molar-refractivity contribution >= 4 is 17.2 Å². The van der Waals surface area contributed by atoms with Crippen LogP contribution in [0.15, 0.2) is 59.7 Å². The van der Waals surface area contributed by atoms with Crippen molar-refractivity contribution in [2.24, 2.45) is 16.8 Å². The summed E-state index contributed by atoms with van der Waals surface area (Å²) < 4.78 is 11.5. The van der Waals surface area contributed by atoms with Gasteiger partial charge in [0.25, 0.3) is 0 Å². The highest BCUT2D eigenvalue weighted by Crippen LogP contribution is 2.47. The second-order valence-electron chi connectivity index (χ2n) is 16.4. The Bertz CT molecular complexity index is 1960. The van der Waals surface area contributed by atoms with Crippen molar-refractivity contribution in [1.82, 2.24) is 25.1 Å². The largest absolute Gasteiger partial charge is 0.488 e. The molecule has 0 unspecified atom stereocenters. The van der Waals surface area contributed by atoms with Gasteiger partial charge in [-0.1, -0.05) is 37.6 Å². The van der Waals surface area contributed by atoms with Crippen molar-refractivity contribution < 1.29 is 19.4 Å². The zero-order valence-electron chi connectivity index (χ0n) is 33.2. The standard InChI is InChI=1S/C33H39N3O3.C11H19N3O/c1-18(2)32(34-21(5)38-6)33(37)36-20(4)8-12-30(36)29-15-26-25-16-31-27(14-22(25)9-11-28(26)35-29)24-10-7-19(3)13-23(24)17-39-31;1-8-6-12-11(13-8)10-5-9(3-4-15)7-14(10)2/h7,10,13-14,16,18,20,30,32,34H,5,8-9,11-12,15,17H2,1-4,6H3;6,9-10,15H,3-5,7H2,1-2H3,(H,12,13)/t20-,30-,32-;9-,10-/m00/s1. The number of nitrogens with zero attached hydrogens (tertiary/aromatic N) is 4. The van der Waals surface area contributed by atoms with Crippen molar-refractivity contribution in [1.29, 1.82) is 0 Å². The lowest BCUT2D eigenvalue weighted by Gasteiger charge is -2.34. The van der Waals surface area contributed by atoms with Crippen LogP contribution in [-0.4, -0.2) is 81.9 Å². The maximum absolute atomic E-state index is 13.9. The van der Waals surface area contributed by atoms with E-state index in [1.165, 1.54) is 44.7 Å². The Hall–Kier alpha value is -4.41. The summed E-state index contributed by atoms with van der Waals surface area (Å²) in [4.78, 5) is 31.2. The molecule has 1 amide bonds. The van der Waals surface area contributed by atoms with Crippen molar-refractivity contribution in [3.8, 4) is 16.9 Å². The first-order chi connectivity index (χ1) is 25.9. The zero-order valence-corrected chi connectivity index (χ0v) is 33.2. The number of hydrogen-bond acceptors (Lipinski definition) is 8. The number of allylic oxidation sites excluding steroid dienone is 2. The third-order valence-corrected chi connectivity index (χ3v) is 12.1. The van der Waals surface area contributed by atoms with Crippen LogP contribution >= 0.6 is 0 Å². The number of aromatic amines is 1. The van der Waals surface area contributed by atoms with Gasteiger partial charge >= 0.3 is 0 Å². The van der Waals surface area contributed by atoms with E-state index in [0.717, 1.165) is 74.5 Å². The number of rotatable bonds is 9. The number of imidazole rings is 1. The quantitative estimate of drug-likeness (QED) is 0.198. The summed E-state index contributed by atoms with van der Waals surface area (Å²) >= 11 is 0. The fourth-order valence-electron chi connectivity index (χ4n) is 9.18. The molecule has 8 rings (SSSR count). The van der Waals surface area contributed by atoms with Crippen LogP contribution in [0.5, 0.6) is 5.75 Å². The normalized spacial score (nSPS) is 23.4. The molecule has 0 bridgehead atoms. The van der Waals surface area contributed by atoms with Crippen LogP contribution in [0.2, 0.25) is 0 Å². The molecule has 0 saturated carbocycles. The smallest absolute Gasteiger partial charge is 0.246 e. The molecule has 5 heterocycles. The number of ether oxygens (including phenoxy) is 2. The highest BCUT2D eigenvalue weighted by Gasteiger charge is 2.43. The molecule has 10 heteroatoms. The molecule has 5 atom stereocenters. The number of amides is 1. The van der Waals surface area contributed by atoms with Gasteiger partial charge in [0.1, 0.15) is 24.2 Å². The Kier molecular flexibility index (Phi) is 11.1. The van der Waals surface area contributed by atoms with Gasteiger partial charge in [-0.25, -0.2) is 4.98 Å². The number of aliphatic imine (C=N–C) groups is 1. The molecule has 0 radical (unpaired) electrons. The Balaban J connectivity index is 0.000000251. The molecule has 288 valence electrons. The molecule has 3 N–H and O–H groups in total. The van der Waals surface area contributed by atoms with Gasteiger partial charge in [0.15, 0.2) is 5.88 Å². The second-order valence-corrected chi connectivity index (χ2v) is 16.4. The monoisotopic (exact) mass is 734 g/mol. The van der Waals surface area contributed by atoms with Crippen molar-refractivity contribution in [3.63, 3.8) is 0 Å². The number of benzene rings is 2. The minimum atomic E-state index is -0.388. The molecule has 5 aliphatic rings.